The molecule has 0 saturated heterocycles. The van der Waals surface area contributed by atoms with Gasteiger partial charge in [-0.1, -0.05) is 31.5 Å². The van der Waals surface area contributed by atoms with E-state index < -0.39 is 0 Å². The smallest absolute Gasteiger partial charge is 0.0502 e. The summed E-state index contributed by atoms with van der Waals surface area (Å²) in [7, 11) is 0. The minimum Gasteiger partial charge on any atom is -0.361 e. The van der Waals surface area contributed by atoms with Crippen molar-refractivity contribution >= 4 is 22.5 Å². The quantitative estimate of drug-likeness (QED) is 0.824. The summed E-state index contributed by atoms with van der Waals surface area (Å²) in [5.74, 6) is 0. The van der Waals surface area contributed by atoms with Crippen molar-refractivity contribution in [2.75, 3.05) is 6.54 Å². The van der Waals surface area contributed by atoms with Gasteiger partial charge in [0.15, 0.2) is 0 Å². The second-order valence-corrected chi connectivity index (χ2v) is 7.53. The second kappa shape index (κ2) is 6.02. The van der Waals surface area contributed by atoms with Crippen LogP contribution in [0.1, 0.15) is 45.1 Å². The third kappa shape index (κ3) is 3.44. The number of aromatic amines is 1. The normalized spacial score (nSPS) is 19.2. The largest absolute Gasteiger partial charge is 0.361 e. The molecule has 3 rings (SSSR count). The standard InChI is InChI=1S/C18H25ClN2/c1-18(2)9-6-14(7-10-18)20-11-8-13-12-21-16-5-3-4-15(19)17(13)16/h3-5,12,14,20-21H,6-11H2,1-2H3. The van der Waals surface area contributed by atoms with Gasteiger partial charge in [0, 0.05) is 23.1 Å². The number of aromatic nitrogens is 1. The van der Waals surface area contributed by atoms with Gasteiger partial charge in [0.05, 0.1) is 5.02 Å². The Hall–Kier alpha value is -0.990. The van der Waals surface area contributed by atoms with Crippen LogP contribution in [0.5, 0.6) is 0 Å². The van der Waals surface area contributed by atoms with Crippen molar-refractivity contribution < 1.29 is 0 Å². The van der Waals surface area contributed by atoms with Gasteiger partial charge in [-0.25, -0.2) is 0 Å². The number of rotatable bonds is 4. The van der Waals surface area contributed by atoms with Crippen LogP contribution in [-0.4, -0.2) is 17.6 Å². The third-order valence-corrected chi connectivity index (χ3v) is 5.22. The van der Waals surface area contributed by atoms with E-state index in [4.69, 9.17) is 11.6 Å². The number of fused-ring (bicyclic) bond motifs is 1. The molecule has 0 bridgehead atoms. The van der Waals surface area contributed by atoms with Crippen LogP contribution in [0.15, 0.2) is 24.4 Å². The number of nitrogens with one attached hydrogen (secondary N) is 2. The number of H-pyrrole nitrogens is 1. The summed E-state index contributed by atoms with van der Waals surface area (Å²) >= 11 is 6.32. The molecule has 2 aromatic rings. The molecule has 0 atom stereocenters. The van der Waals surface area contributed by atoms with Gasteiger partial charge in [-0.15, -0.1) is 0 Å². The van der Waals surface area contributed by atoms with Gasteiger partial charge in [0.25, 0.3) is 0 Å². The molecule has 2 nitrogen and oxygen atoms in total. The molecule has 1 aliphatic rings. The van der Waals surface area contributed by atoms with E-state index in [-0.39, 0.29) is 0 Å². The third-order valence-electron chi connectivity index (χ3n) is 4.90. The van der Waals surface area contributed by atoms with Crippen molar-refractivity contribution in [1.29, 1.82) is 0 Å². The van der Waals surface area contributed by atoms with Crippen molar-refractivity contribution in [3.05, 3.63) is 35.0 Å². The van der Waals surface area contributed by atoms with E-state index in [1.165, 1.54) is 36.6 Å². The molecular formula is C18H25ClN2. The predicted octanol–water partition coefficient (Wildman–Crippen LogP) is 4.92. The Balaban J connectivity index is 1.56. The van der Waals surface area contributed by atoms with E-state index in [9.17, 15) is 0 Å². The topological polar surface area (TPSA) is 27.8 Å². The highest BCUT2D eigenvalue weighted by Crippen LogP contribution is 2.35. The average Bonchev–Trinajstić information content (AvgIpc) is 2.85. The Morgan fingerprint density at radius 2 is 2.05 bits per heavy atom. The van der Waals surface area contributed by atoms with Gasteiger partial charge < -0.3 is 10.3 Å². The van der Waals surface area contributed by atoms with Crippen LogP contribution in [0, 0.1) is 5.41 Å². The lowest BCUT2D eigenvalue weighted by atomic mass is 9.75. The number of halogens is 1. The molecule has 1 heterocycles. The number of hydrogen-bond donors (Lipinski definition) is 2. The molecule has 0 aliphatic heterocycles. The summed E-state index contributed by atoms with van der Waals surface area (Å²) < 4.78 is 0. The summed E-state index contributed by atoms with van der Waals surface area (Å²) in [6, 6.07) is 6.74. The lowest BCUT2D eigenvalue weighted by Crippen LogP contribution is -2.36. The average molecular weight is 305 g/mol. The molecule has 1 fully saturated rings. The molecular weight excluding hydrogens is 280 g/mol. The highest BCUT2D eigenvalue weighted by atomic mass is 35.5. The van der Waals surface area contributed by atoms with E-state index >= 15 is 0 Å². The van der Waals surface area contributed by atoms with Crippen molar-refractivity contribution in [2.24, 2.45) is 5.41 Å². The molecule has 1 aliphatic carbocycles. The summed E-state index contributed by atoms with van der Waals surface area (Å²) in [5.41, 5.74) is 3.00. The molecule has 1 saturated carbocycles. The van der Waals surface area contributed by atoms with Crippen LogP contribution in [-0.2, 0) is 6.42 Å². The Kier molecular flexibility index (Phi) is 4.28. The lowest BCUT2D eigenvalue weighted by Gasteiger charge is -2.34. The van der Waals surface area contributed by atoms with E-state index in [0.717, 1.165) is 23.5 Å². The van der Waals surface area contributed by atoms with Crippen molar-refractivity contribution in [3.8, 4) is 0 Å². The van der Waals surface area contributed by atoms with Crippen molar-refractivity contribution in [3.63, 3.8) is 0 Å². The SMILES string of the molecule is CC1(C)CCC(NCCc2c[nH]c3cccc(Cl)c23)CC1. The minimum absolute atomic E-state index is 0.544. The van der Waals surface area contributed by atoms with Crippen LogP contribution >= 0.6 is 11.6 Å². The molecule has 3 heteroatoms. The molecule has 21 heavy (non-hydrogen) atoms. The Labute approximate surface area is 132 Å². The molecule has 0 radical (unpaired) electrons. The molecule has 1 aromatic carbocycles. The fourth-order valence-corrected chi connectivity index (χ4v) is 3.72. The molecule has 0 unspecified atom stereocenters. The maximum absolute atomic E-state index is 6.32. The maximum atomic E-state index is 6.32. The molecule has 0 amide bonds. The Morgan fingerprint density at radius 3 is 2.81 bits per heavy atom. The van der Waals surface area contributed by atoms with Crippen LogP contribution in [0.3, 0.4) is 0 Å². The summed E-state index contributed by atoms with van der Waals surface area (Å²) in [6.45, 7) is 5.80. The monoisotopic (exact) mass is 304 g/mol. The van der Waals surface area contributed by atoms with E-state index in [1.807, 2.05) is 12.1 Å². The lowest BCUT2D eigenvalue weighted by molar-refractivity contribution is 0.207. The van der Waals surface area contributed by atoms with Gasteiger partial charge in [0.2, 0.25) is 0 Å². The van der Waals surface area contributed by atoms with Gasteiger partial charge >= 0.3 is 0 Å². The highest BCUT2D eigenvalue weighted by molar-refractivity contribution is 6.35. The van der Waals surface area contributed by atoms with Crippen LogP contribution in [0.25, 0.3) is 10.9 Å². The highest BCUT2D eigenvalue weighted by Gasteiger charge is 2.26. The summed E-state index contributed by atoms with van der Waals surface area (Å²) in [4.78, 5) is 3.32. The van der Waals surface area contributed by atoms with E-state index in [2.05, 4.69) is 36.4 Å². The predicted molar refractivity (Wildman–Crippen MR) is 91.1 cm³/mol. The fourth-order valence-electron chi connectivity index (χ4n) is 3.42. The first-order valence-corrected chi connectivity index (χ1v) is 8.41. The van der Waals surface area contributed by atoms with Crippen LogP contribution < -0.4 is 5.32 Å². The summed E-state index contributed by atoms with van der Waals surface area (Å²) in [5, 5.41) is 5.76. The first kappa shape index (κ1) is 14.9. The van der Waals surface area contributed by atoms with Gasteiger partial charge in [-0.05, 0) is 61.8 Å². The van der Waals surface area contributed by atoms with E-state index in [1.54, 1.807) is 0 Å². The van der Waals surface area contributed by atoms with Gasteiger partial charge in [-0.2, -0.15) is 0 Å². The van der Waals surface area contributed by atoms with Crippen LogP contribution in [0.2, 0.25) is 5.02 Å². The number of hydrogen-bond acceptors (Lipinski definition) is 1. The van der Waals surface area contributed by atoms with Gasteiger partial charge in [-0.3, -0.25) is 0 Å². The number of benzene rings is 1. The zero-order valence-corrected chi connectivity index (χ0v) is 13.8. The second-order valence-electron chi connectivity index (χ2n) is 7.12. The first-order valence-electron chi connectivity index (χ1n) is 8.03. The zero-order chi connectivity index (χ0) is 14.9. The molecule has 2 N–H and O–H groups in total. The first-order chi connectivity index (χ1) is 10.1. The van der Waals surface area contributed by atoms with Crippen molar-refractivity contribution in [2.45, 2.75) is 52.0 Å². The zero-order valence-electron chi connectivity index (χ0n) is 13.0. The molecule has 0 spiro atoms. The maximum Gasteiger partial charge on any atom is 0.0502 e. The molecule has 114 valence electrons. The van der Waals surface area contributed by atoms with Gasteiger partial charge in [0.1, 0.15) is 0 Å². The summed E-state index contributed by atoms with van der Waals surface area (Å²) in [6.07, 6.45) is 8.42. The Morgan fingerprint density at radius 1 is 1.29 bits per heavy atom. The van der Waals surface area contributed by atoms with Crippen molar-refractivity contribution in [1.82, 2.24) is 10.3 Å². The van der Waals surface area contributed by atoms with E-state index in [0.29, 0.717) is 11.5 Å². The van der Waals surface area contributed by atoms with Crippen LogP contribution in [0.4, 0.5) is 0 Å². The minimum atomic E-state index is 0.544. The fraction of sp³-hybridized carbons (Fsp3) is 0.556. The Bertz CT molecular complexity index is 605. The molecule has 1 aromatic heterocycles.